The molecule has 1 aromatic carbocycles. The first-order valence-corrected chi connectivity index (χ1v) is 5.82. The van der Waals surface area contributed by atoms with Crippen LogP contribution in [0.1, 0.15) is 17.3 Å². The van der Waals surface area contributed by atoms with Crippen LogP contribution < -0.4 is 0 Å². The normalized spacial score (nSPS) is 11.5. The zero-order chi connectivity index (χ0) is 11.8. The number of hydrogen-bond acceptors (Lipinski definition) is 3. The Hall–Kier alpha value is -1.30. The molecule has 3 nitrogen and oxygen atoms in total. The van der Waals surface area contributed by atoms with Gasteiger partial charge in [-0.15, -0.1) is 0 Å². The van der Waals surface area contributed by atoms with Crippen molar-refractivity contribution in [2.45, 2.75) is 11.8 Å². The van der Waals surface area contributed by atoms with Crippen LogP contribution in [0.4, 0.5) is 8.78 Å². The lowest BCUT2D eigenvalue weighted by atomic mass is 10.1. The second kappa shape index (κ2) is 3.69. The Morgan fingerprint density at radius 3 is 2.13 bits per heavy atom. The van der Waals surface area contributed by atoms with Gasteiger partial charge in [0.15, 0.2) is 15.6 Å². The summed E-state index contributed by atoms with van der Waals surface area (Å²) >= 11 is 0. The Morgan fingerprint density at radius 1 is 1.20 bits per heavy atom. The molecule has 1 aromatic rings. The quantitative estimate of drug-likeness (QED) is 0.576. The van der Waals surface area contributed by atoms with Crippen molar-refractivity contribution in [3.05, 3.63) is 29.3 Å². The van der Waals surface area contributed by atoms with Crippen LogP contribution in [0.3, 0.4) is 0 Å². The SMILES string of the molecule is CC(=O)c1cc(S(C)(=O)=O)c(F)cc1F. The van der Waals surface area contributed by atoms with Crippen LogP contribution in [0.15, 0.2) is 17.0 Å². The minimum atomic E-state index is -3.80. The highest BCUT2D eigenvalue weighted by Crippen LogP contribution is 2.19. The molecule has 0 heterocycles. The molecule has 0 saturated heterocycles. The fourth-order valence-corrected chi connectivity index (χ4v) is 1.83. The average Bonchev–Trinajstić information content (AvgIpc) is 2.00. The van der Waals surface area contributed by atoms with Gasteiger partial charge in [-0.1, -0.05) is 0 Å². The maximum absolute atomic E-state index is 13.1. The molecule has 0 atom stereocenters. The van der Waals surface area contributed by atoms with E-state index in [2.05, 4.69) is 0 Å². The molecule has 1 rings (SSSR count). The zero-order valence-electron chi connectivity index (χ0n) is 8.04. The van der Waals surface area contributed by atoms with E-state index in [1.54, 1.807) is 0 Å². The molecule has 0 aliphatic heterocycles. The third-order valence-electron chi connectivity index (χ3n) is 1.80. The van der Waals surface area contributed by atoms with Gasteiger partial charge in [-0.2, -0.15) is 0 Å². The number of benzene rings is 1. The van der Waals surface area contributed by atoms with Crippen molar-refractivity contribution in [2.75, 3.05) is 6.26 Å². The molecule has 0 aliphatic carbocycles. The van der Waals surface area contributed by atoms with Crippen molar-refractivity contribution < 1.29 is 22.0 Å². The van der Waals surface area contributed by atoms with Gasteiger partial charge in [-0.25, -0.2) is 17.2 Å². The minimum absolute atomic E-state index is 0.396. The molecule has 6 heteroatoms. The first-order chi connectivity index (χ1) is 6.73. The number of rotatable bonds is 2. The first-order valence-electron chi connectivity index (χ1n) is 3.93. The number of carbonyl (C=O) groups is 1. The Labute approximate surface area is 85.6 Å². The van der Waals surface area contributed by atoms with Gasteiger partial charge in [0.05, 0.1) is 5.56 Å². The lowest BCUT2D eigenvalue weighted by Crippen LogP contribution is -2.06. The Balaban J connectivity index is 3.58. The van der Waals surface area contributed by atoms with E-state index in [0.29, 0.717) is 12.1 Å². The summed E-state index contributed by atoms with van der Waals surface area (Å²) in [5.74, 6) is -2.91. The lowest BCUT2D eigenvalue weighted by molar-refractivity contribution is 0.101. The summed E-state index contributed by atoms with van der Waals surface area (Å²) in [6.07, 6.45) is 0.785. The van der Waals surface area contributed by atoms with Gasteiger partial charge >= 0.3 is 0 Å². The van der Waals surface area contributed by atoms with E-state index in [9.17, 15) is 22.0 Å². The molecule has 0 saturated carbocycles. The lowest BCUT2D eigenvalue weighted by Gasteiger charge is -2.04. The van der Waals surface area contributed by atoms with Crippen LogP contribution in [0.25, 0.3) is 0 Å². The van der Waals surface area contributed by atoms with Gasteiger partial charge in [0.25, 0.3) is 0 Å². The van der Waals surface area contributed by atoms with Crippen LogP contribution in [0.2, 0.25) is 0 Å². The number of halogens is 2. The van der Waals surface area contributed by atoms with Gasteiger partial charge in [0.1, 0.15) is 16.5 Å². The molecular formula is C9H8F2O3S. The average molecular weight is 234 g/mol. The van der Waals surface area contributed by atoms with Crippen LogP contribution in [0, 0.1) is 11.6 Å². The van der Waals surface area contributed by atoms with Crippen LogP contribution >= 0.6 is 0 Å². The maximum atomic E-state index is 13.1. The van der Waals surface area contributed by atoms with Gasteiger partial charge in [0.2, 0.25) is 0 Å². The second-order valence-electron chi connectivity index (χ2n) is 3.09. The van der Waals surface area contributed by atoms with E-state index in [1.807, 2.05) is 0 Å². The molecule has 0 N–H and O–H groups in total. The highest BCUT2D eigenvalue weighted by molar-refractivity contribution is 7.90. The summed E-state index contributed by atoms with van der Waals surface area (Å²) in [4.78, 5) is 10.2. The molecule has 0 unspecified atom stereocenters. The van der Waals surface area contributed by atoms with E-state index in [0.717, 1.165) is 13.2 Å². The van der Waals surface area contributed by atoms with Crippen LogP contribution in [-0.4, -0.2) is 20.5 Å². The molecule has 0 spiro atoms. The number of Topliss-reactive ketones (excluding diaryl/α,β-unsaturated/α-hetero) is 1. The van der Waals surface area contributed by atoms with E-state index in [1.165, 1.54) is 0 Å². The second-order valence-corrected chi connectivity index (χ2v) is 5.07. The number of ketones is 1. The molecule has 0 aliphatic rings. The minimum Gasteiger partial charge on any atom is -0.294 e. The fraction of sp³-hybridized carbons (Fsp3) is 0.222. The number of carbonyl (C=O) groups excluding carboxylic acids is 1. The molecule has 0 radical (unpaired) electrons. The largest absolute Gasteiger partial charge is 0.294 e. The predicted molar refractivity (Wildman–Crippen MR) is 49.5 cm³/mol. The molecule has 0 aromatic heterocycles. The molecule has 0 bridgehead atoms. The van der Waals surface area contributed by atoms with Crippen LogP contribution in [0.5, 0.6) is 0 Å². The predicted octanol–water partition coefficient (Wildman–Crippen LogP) is 1.57. The summed E-state index contributed by atoms with van der Waals surface area (Å²) in [5, 5.41) is 0. The molecule has 82 valence electrons. The smallest absolute Gasteiger partial charge is 0.178 e. The van der Waals surface area contributed by atoms with Crippen molar-refractivity contribution in [1.29, 1.82) is 0 Å². The third kappa shape index (κ3) is 2.38. The summed E-state index contributed by atoms with van der Waals surface area (Å²) in [7, 11) is -3.80. The number of sulfone groups is 1. The molecule has 15 heavy (non-hydrogen) atoms. The highest BCUT2D eigenvalue weighted by Gasteiger charge is 2.19. The summed E-state index contributed by atoms with van der Waals surface area (Å²) in [6.45, 7) is 1.07. The summed E-state index contributed by atoms with van der Waals surface area (Å²) in [6, 6.07) is 1.11. The van der Waals surface area contributed by atoms with Crippen molar-refractivity contribution in [2.24, 2.45) is 0 Å². The topological polar surface area (TPSA) is 51.2 Å². The third-order valence-corrected chi connectivity index (χ3v) is 2.91. The van der Waals surface area contributed by atoms with Crippen LogP contribution in [-0.2, 0) is 9.84 Å². The van der Waals surface area contributed by atoms with Crippen molar-refractivity contribution in [1.82, 2.24) is 0 Å². The maximum Gasteiger partial charge on any atom is 0.178 e. The van der Waals surface area contributed by atoms with E-state index in [-0.39, 0.29) is 0 Å². The van der Waals surface area contributed by atoms with E-state index >= 15 is 0 Å². The van der Waals surface area contributed by atoms with Gasteiger partial charge in [-0.05, 0) is 13.0 Å². The molecule has 0 fully saturated rings. The van der Waals surface area contributed by atoms with Gasteiger partial charge in [0, 0.05) is 12.3 Å². The van der Waals surface area contributed by atoms with Crippen molar-refractivity contribution in [3.8, 4) is 0 Å². The fourth-order valence-electron chi connectivity index (χ4n) is 1.08. The van der Waals surface area contributed by atoms with Crippen molar-refractivity contribution >= 4 is 15.6 Å². The summed E-state index contributed by atoms with van der Waals surface area (Å²) < 4.78 is 48.2. The van der Waals surface area contributed by atoms with Crippen molar-refractivity contribution in [3.63, 3.8) is 0 Å². The Bertz CT molecular complexity index is 520. The van der Waals surface area contributed by atoms with Gasteiger partial charge in [-0.3, -0.25) is 4.79 Å². The van der Waals surface area contributed by atoms with E-state index in [4.69, 9.17) is 0 Å². The summed E-state index contributed by atoms with van der Waals surface area (Å²) in [5.41, 5.74) is -0.433. The number of hydrogen-bond donors (Lipinski definition) is 0. The standard InChI is InChI=1S/C9H8F2O3S/c1-5(12)6-3-9(15(2,13)14)8(11)4-7(6)10/h3-4H,1-2H3. The molecule has 0 amide bonds. The Kier molecular flexibility index (Phi) is 2.90. The monoisotopic (exact) mass is 234 g/mol. The Morgan fingerprint density at radius 2 is 1.73 bits per heavy atom. The van der Waals surface area contributed by atoms with E-state index < -0.39 is 37.7 Å². The van der Waals surface area contributed by atoms with Gasteiger partial charge < -0.3 is 0 Å². The zero-order valence-corrected chi connectivity index (χ0v) is 8.86. The highest BCUT2D eigenvalue weighted by atomic mass is 32.2. The molecular weight excluding hydrogens is 226 g/mol. The first kappa shape index (κ1) is 11.8.